The maximum atomic E-state index is 4.65. The molecule has 2 heterocycles. The zero-order valence-electron chi connectivity index (χ0n) is 16.5. The minimum absolute atomic E-state index is 0.784. The molecule has 0 amide bonds. The highest BCUT2D eigenvalue weighted by Crippen LogP contribution is 2.29. The zero-order chi connectivity index (χ0) is 19.8. The fraction of sp³-hybridized carbons (Fsp3) is 0.333. The molecule has 1 saturated heterocycles. The molecule has 6 nitrogen and oxygen atoms in total. The van der Waals surface area contributed by atoms with Gasteiger partial charge in [-0.15, -0.1) is 11.3 Å². The fourth-order valence-electron chi connectivity index (χ4n) is 2.94. The lowest BCUT2D eigenvalue weighted by atomic mass is 10.2. The van der Waals surface area contributed by atoms with Gasteiger partial charge in [0, 0.05) is 50.0 Å². The molecule has 2 aromatic rings. The number of hydrogen-bond donors (Lipinski definition) is 3. The van der Waals surface area contributed by atoms with Gasteiger partial charge in [-0.2, -0.15) is 0 Å². The van der Waals surface area contributed by atoms with Crippen LogP contribution in [0.1, 0.15) is 19.5 Å². The van der Waals surface area contributed by atoms with Gasteiger partial charge >= 0.3 is 0 Å². The molecular formula is C21H28N6S. The van der Waals surface area contributed by atoms with E-state index in [-0.39, 0.29) is 0 Å². The molecule has 148 valence electrons. The quantitative estimate of drug-likeness (QED) is 0.588. The molecule has 1 aliphatic rings. The summed E-state index contributed by atoms with van der Waals surface area (Å²) in [5, 5.41) is 13.0. The molecular weight excluding hydrogens is 368 g/mol. The average Bonchev–Trinajstić information content (AvgIpc) is 3.18. The van der Waals surface area contributed by atoms with Gasteiger partial charge in [-0.1, -0.05) is 18.7 Å². The second kappa shape index (κ2) is 10.1. The Hall–Kier alpha value is -2.64. The highest BCUT2D eigenvalue weighted by molar-refractivity contribution is 7.13. The first-order valence-corrected chi connectivity index (χ1v) is 10.5. The third kappa shape index (κ3) is 5.43. The Morgan fingerprint density at radius 2 is 2.11 bits per heavy atom. The van der Waals surface area contributed by atoms with E-state index in [1.807, 2.05) is 37.6 Å². The topological polar surface area (TPSA) is 64.6 Å². The van der Waals surface area contributed by atoms with Crippen molar-refractivity contribution in [3.8, 4) is 0 Å². The Morgan fingerprint density at radius 1 is 1.32 bits per heavy atom. The van der Waals surface area contributed by atoms with Crippen molar-refractivity contribution in [3.63, 3.8) is 0 Å². The smallest absolute Gasteiger partial charge is 0.187 e. The van der Waals surface area contributed by atoms with Crippen LogP contribution in [0.2, 0.25) is 0 Å². The average molecular weight is 397 g/mol. The largest absolute Gasteiger partial charge is 0.367 e. The zero-order valence-corrected chi connectivity index (χ0v) is 17.4. The van der Waals surface area contributed by atoms with Gasteiger partial charge in [-0.05, 0) is 32.1 Å². The van der Waals surface area contributed by atoms with Crippen LogP contribution in [0, 0.1) is 0 Å². The van der Waals surface area contributed by atoms with Gasteiger partial charge in [0.15, 0.2) is 5.13 Å². The van der Waals surface area contributed by atoms with Crippen LogP contribution in [-0.2, 0) is 0 Å². The van der Waals surface area contributed by atoms with Crippen molar-refractivity contribution in [2.75, 3.05) is 48.3 Å². The van der Waals surface area contributed by atoms with E-state index >= 15 is 0 Å². The maximum Gasteiger partial charge on any atom is 0.187 e. The van der Waals surface area contributed by atoms with E-state index in [0.717, 1.165) is 60.6 Å². The monoisotopic (exact) mass is 396 g/mol. The summed E-state index contributed by atoms with van der Waals surface area (Å²) in [7, 11) is 0. The summed E-state index contributed by atoms with van der Waals surface area (Å²) in [6.07, 6.45) is 3.76. The molecule has 1 fully saturated rings. The molecule has 1 aromatic carbocycles. The van der Waals surface area contributed by atoms with Gasteiger partial charge in [-0.25, -0.2) is 4.98 Å². The highest BCUT2D eigenvalue weighted by Gasteiger charge is 2.15. The number of anilines is 3. The molecule has 3 N–H and O–H groups in total. The van der Waals surface area contributed by atoms with Gasteiger partial charge < -0.3 is 20.9 Å². The van der Waals surface area contributed by atoms with Crippen molar-refractivity contribution < 1.29 is 0 Å². The minimum Gasteiger partial charge on any atom is -0.367 e. The van der Waals surface area contributed by atoms with Crippen molar-refractivity contribution in [2.45, 2.75) is 13.8 Å². The van der Waals surface area contributed by atoms with Crippen LogP contribution in [0.15, 0.2) is 53.0 Å². The Morgan fingerprint density at radius 3 is 2.89 bits per heavy atom. The predicted octanol–water partition coefficient (Wildman–Crippen LogP) is 4.04. The number of thiazole rings is 1. The van der Waals surface area contributed by atoms with E-state index < -0.39 is 0 Å². The summed E-state index contributed by atoms with van der Waals surface area (Å²) in [4.78, 5) is 11.2. The Kier molecular flexibility index (Phi) is 7.22. The summed E-state index contributed by atoms with van der Waals surface area (Å²) in [5.41, 5.74) is 4.90. The molecule has 0 saturated carbocycles. The van der Waals surface area contributed by atoms with E-state index in [9.17, 15) is 0 Å². The number of aromatic nitrogens is 1. The van der Waals surface area contributed by atoms with Gasteiger partial charge in [0.1, 0.15) is 0 Å². The predicted molar refractivity (Wildman–Crippen MR) is 123 cm³/mol. The first kappa shape index (κ1) is 20.1. The number of aliphatic imine (C=N–C) groups is 1. The van der Waals surface area contributed by atoms with Gasteiger partial charge in [0.05, 0.1) is 22.8 Å². The Labute approximate surface area is 171 Å². The van der Waals surface area contributed by atoms with Crippen LogP contribution in [0.4, 0.5) is 16.5 Å². The molecule has 0 atom stereocenters. The molecule has 28 heavy (non-hydrogen) atoms. The number of allylic oxidation sites excluding steroid dienone is 2. The van der Waals surface area contributed by atoms with E-state index in [1.54, 1.807) is 11.3 Å². The number of benzene rings is 1. The number of piperazine rings is 1. The maximum absolute atomic E-state index is 4.65. The molecule has 1 aromatic heterocycles. The van der Waals surface area contributed by atoms with Crippen molar-refractivity contribution in [3.05, 3.63) is 53.7 Å². The Bertz CT molecular complexity index is 848. The van der Waals surface area contributed by atoms with Gasteiger partial charge in [0.2, 0.25) is 0 Å². The summed E-state index contributed by atoms with van der Waals surface area (Å²) in [6.45, 7) is 13.0. The van der Waals surface area contributed by atoms with Crippen LogP contribution in [0.3, 0.4) is 0 Å². The SMILES string of the molecule is C=C(Nc1ccccc1N1CCNCC1)c1csc(N/C(C)=C/C=NCC)n1. The molecule has 0 spiro atoms. The first-order valence-electron chi connectivity index (χ1n) is 9.57. The second-order valence-electron chi connectivity index (χ2n) is 6.52. The van der Waals surface area contributed by atoms with Crippen molar-refractivity contribution >= 4 is 39.8 Å². The molecule has 0 bridgehead atoms. The highest BCUT2D eigenvalue weighted by atomic mass is 32.1. The second-order valence-corrected chi connectivity index (χ2v) is 7.38. The lowest BCUT2D eigenvalue weighted by Crippen LogP contribution is -2.43. The van der Waals surface area contributed by atoms with Crippen LogP contribution < -0.4 is 20.9 Å². The molecule has 3 rings (SSSR count). The Balaban J connectivity index is 1.67. The van der Waals surface area contributed by atoms with Crippen LogP contribution in [-0.4, -0.2) is 43.9 Å². The van der Waals surface area contributed by atoms with E-state index in [4.69, 9.17) is 0 Å². The third-order valence-electron chi connectivity index (χ3n) is 4.38. The van der Waals surface area contributed by atoms with Gasteiger partial charge in [-0.3, -0.25) is 4.99 Å². The molecule has 7 heteroatoms. The number of rotatable bonds is 8. The van der Waals surface area contributed by atoms with Crippen molar-refractivity contribution in [1.82, 2.24) is 10.3 Å². The first-order chi connectivity index (χ1) is 13.7. The summed E-state index contributed by atoms with van der Waals surface area (Å²) >= 11 is 1.56. The van der Waals surface area contributed by atoms with E-state index in [1.165, 1.54) is 5.69 Å². The number of nitrogens with one attached hydrogen (secondary N) is 3. The summed E-state index contributed by atoms with van der Waals surface area (Å²) in [5.74, 6) is 0. The minimum atomic E-state index is 0.784. The van der Waals surface area contributed by atoms with Gasteiger partial charge in [0.25, 0.3) is 0 Å². The molecule has 0 radical (unpaired) electrons. The van der Waals surface area contributed by atoms with Crippen LogP contribution >= 0.6 is 11.3 Å². The molecule has 1 aliphatic heterocycles. The number of para-hydroxylation sites is 2. The standard InChI is InChI=1S/C21H28N6S/c1-4-22-10-9-16(2)24-21-26-19(15-28-21)17(3)25-18-7-5-6-8-20(18)27-13-11-23-12-14-27/h5-10,15,23,25H,3-4,11-14H2,1-2H3,(H,24,26)/b16-9+,22-10?. The molecule has 0 unspecified atom stereocenters. The fourth-order valence-corrected chi connectivity index (χ4v) is 3.73. The number of hydrogen-bond acceptors (Lipinski definition) is 7. The lowest BCUT2D eigenvalue weighted by Gasteiger charge is -2.31. The van der Waals surface area contributed by atoms with Crippen molar-refractivity contribution in [1.29, 1.82) is 0 Å². The molecule has 0 aliphatic carbocycles. The van der Waals surface area contributed by atoms with Crippen LogP contribution in [0.5, 0.6) is 0 Å². The van der Waals surface area contributed by atoms with E-state index in [0.29, 0.717) is 0 Å². The summed E-state index contributed by atoms with van der Waals surface area (Å²) < 4.78 is 0. The normalized spacial score (nSPS) is 15.1. The third-order valence-corrected chi connectivity index (χ3v) is 5.14. The number of nitrogens with zero attached hydrogens (tertiary/aromatic N) is 3. The lowest BCUT2D eigenvalue weighted by molar-refractivity contribution is 0.589. The van der Waals surface area contributed by atoms with Crippen molar-refractivity contribution in [2.24, 2.45) is 4.99 Å². The van der Waals surface area contributed by atoms with E-state index in [2.05, 4.69) is 55.6 Å². The summed E-state index contributed by atoms with van der Waals surface area (Å²) in [6, 6.07) is 8.36. The van der Waals surface area contributed by atoms with Crippen LogP contribution in [0.25, 0.3) is 5.70 Å².